The van der Waals surface area contributed by atoms with Gasteiger partial charge in [-0.25, -0.2) is 4.79 Å². The third kappa shape index (κ3) is 2.15. The van der Waals surface area contributed by atoms with Gasteiger partial charge in [-0.3, -0.25) is 4.79 Å². The first-order valence-electron chi connectivity index (χ1n) is 5.75. The van der Waals surface area contributed by atoms with Crippen molar-refractivity contribution < 1.29 is 27.9 Å². The zero-order valence-electron chi connectivity index (χ0n) is 10.3. The molecule has 20 heavy (non-hydrogen) atoms. The molecule has 2 N–H and O–H groups in total. The number of carbonyl (C=O) groups excluding carboxylic acids is 1. The number of alkyl halides is 3. The minimum atomic E-state index is -5.12. The lowest BCUT2D eigenvalue weighted by Crippen LogP contribution is -2.24. The van der Waals surface area contributed by atoms with E-state index in [1.165, 1.54) is 12.1 Å². The topological polar surface area (TPSA) is 70.2 Å². The second kappa shape index (κ2) is 4.66. The molecule has 4 nitrogen and oxygen atoms in total. The first kappa shape index (κ1) is 14.1. The van der Waals surface area contributed by atoms with Crippen LogP contribution >= 0.6 is 0 Å². The predicted octanol–water partition coefficient (Wildman–Crippen LogP) is 3.17. The summed E-state index contributed by atoms with van der Waals surface area (Å²) >= 11 is 0. The molecule has 0 aliphatic heterocycles. The van der Waals surface area contributed by atoms with Crippen LogP contribution in [-0.4, -0.2) is 28.0 Å². The summed E-state index contributed by atoms with van der Waals surface area (Å²) in [7, 11) is 0. The Morgan fingerprint density at radius 2 is 1.95 bits per heavy atom. The Labute approximate surface area is 111 Å². The van der Waals surface area contributed by atoms with Crippen LogP contribution in [0.15, 0.2) is 18.2 Å². The maximum Gasteiger partial charge on any atom is 0.454 e. The summed E-state index contributed by atoms with van der Waals surface area (Å²) in [5, 5.41) is 8.97. The van der Waals surface area contributed by atoms with E-state index in [1.54, 1.807) is 13.0 Å². The van der Waals surface area contributed by atoms with Gasteiger partial charge in [-0.1, -0.05) is 25.1 Å². The van der Waals surface area contributed by atoms with Crippen molar-refractivity contribution in [2.75, 3.05) is 0 Å². The molecule has 0 saturated carbocycles. The van der Waals surface area contributed by atoms with Gasteiger partial charge in [0.2, 0.25) is 0 Å². The lowest BCUT2D eigenvalue weighted by atomic mass is 10.0. The smallest absolute Gasteiger partial charge is 0.454 e. The van der Waals surface area contributed by atoms with E-state index in [9.17, 15) is 22.8 Å². The average molecular weight is 285 g/mol. The lowest BCUT2D eigenvalue weighted by molar-refractivity contribution is -0.0884. The van der Waals surface area contributed by atoms with E-state index in [1.807, 2.05) is 0 Å². The summed E-state index contributed by atoms with van der Waals surface area (Å²) in [5.74, 6) is -3.76. The predicted molar refractivity (Wildman–Crippen MR) is 65.0 cm³/mol. The molecule has 2 aromatic rings. The molecule has 0 unspecified atom stereocenters. The number of halogens is 3. The van der Waals surface area contributed by atoms with Crippen LogP contribution < -0.4 is 0 Å². The second-order valence-electron chi connectivity index (χ2n) is 4.20. The van der Waals surface area contributed by atoms with Crippen molar-refractivity contribution in [1.29, 1.82) is 0 Å². The van der Waals surface area contributed by atoms with Gasteiger partial charge in [-0.15, -0.1) is 0 Å². The number of fused-ring (bicyclic) bond motifs is 1. The van der Waals surface area contributed by atoms with Crippen molar-refractivity contribution in [2.45, 2.75) is 19.5 Å². The minimum Gasteiger partial charge on any atom is -0.477 e. The molecule has 1 aromatic carbocycles. The fourth-order valence-electron chi connectivity index (χ4n) is 2.11. The number of benzene rings is 1. The largest absolute Gasteiger partial charge is 0.477 e. The Morgan fingerprint density at radius 3 is 2.45 bits per heavy atom. The quantitative estimate of drug-likeness (QED) is 0.851. The molecule has 7 heteroatoms. The first-order valence-corrected chi connectivity index (χ1v) is 5.75. The summed E-state index contributed by atoms with van der Waals surface area (Å²) in [6.07, 6.45) is -4.63. The summed E-state index contributed by atoms with van der Waals surface area (Å²) in [5.41, 5.74) is -0.676. The van der Waals surface area contributed by atoms with E-state index in [2.05, 4.69) is 4.98 Å². The number of hydrogen-bond donors (Lipinski definition) is 2. The highest BCUT2D eigenvalue weighted by Gasteiger charge is 2.43. The van der Waals surface area contributed by atoms with Gasteiger partial charge >= 0.3 is 12.1 Å². The fourth-order valence-corrected chi connectivity index (χ4v) is 2.11. The molecular formula is C13H10F3NO3. The van der Waals surface area contributed by atoms with Crippen LogP contribution in [0, 0.1) is 0 Å². The molecule has 106 valence electrons. The number of aromatic carboxylic acids is 1. The zero-order valence-corrected chi connectivity index (χ0v) is 10.3. The maximum absolute atomic E-state index is 12.6. The number of carboxylic acids is 1. The number of nitrogens with one attached hydrogen (secondary N) is 1. The summed E-state index contributed by atoms with van der Waals surface area (Å²) in [6.45, 7) is 1.78. The minimum absolute atomic E-state index is 0.0240. The molecule has 0 spiro atoms. The normalized spacial score (nSPS) is 11.8. The van der Waals surface area contributed by atoms with E-state index in [4.69, 9.17) is 5.11 Å². The summed E-state index contributed by atoms with van der Waals surface area (Å²) < 4.78 is 37.8. The Balaban J connectivity index is 2.84. The highest BCUT2D eigenvalue weighted by molar-refractivity contribution is 6.17. The van der Waals surface area contributed by atoms with E-state index < -0.39 is 29.2 Å². The number of carboxylic acid groups (broad SMARTS) is 1. The standard InChI is InChI=1S/C13H10F3NO3/c1-2-6-4-3-5-7-8(11(18)13(14,15)16)10(12(19)20)17-9(6)7/h3-5,17H,2H2,1H3,(H,19,20). The molecule has 0 radical (unpaired) electrons. The van der Waals surface area contributed by atoms with Crippen LogP contribution in [0.1, 0.15) is 33.3 Å². The van der Waals surface area contributed by atoms with Crippen molar-refractivity contribution in [3.63, 3.8) is 0 Å². The van der Waals surface area contributed by atoms with Crippen molar-refractivity contribution in [1.82, 2.24) is 4.98 Å². The van der Waals surface area contributed by atoms with Crippen LogP contribution in [0.5, 0.6) is 0 Å². The number of aryl methyl sites for hydroxylation is 1. The van der Waals surface area contributed by atoms with E-state index in [0.717, 1.165) is 0 Å². The monoisotopic (exact) mass is 285 g/mol. The highest BCUT2D eigenvalue weighted by Crippen LogP contribution is 2.31. The van der Waals surface area contributed by atoms with Gasteiger partial charge in [-0.05, 0) is 12.0 Å². The summed E-state index contributed by atoms with van der Waals surface area (Å²) in [4.78, 5) is 24.9. The Kier molecular flexibility index (Phi) is 3.29. The molecule has 0 saturated heterocycles. The van der Waals surface area contributed by atoms with Gasteiger partial charge < -0.3 is 10.1 Å². The van der Waals surface area contributed by atoms with Crippen molar-refractivity contribution in [2.24, 2.45) is 0 Å². The Morgan fingerprint density at radius 1 is 1.30 bits per heavy atom. The van der Waals surface area contributed by atoms with E-state index in [0.29, 0.717) is 12.0 Å². The van der Waals surface area contributed by atoms with Crippen molar-refractivity contribution in [3.05, 3.63) is 35.0 Å². The van der Waals surface area contributed by atoms with Crippen LogP contribution in [0.3, 0.4) is 0 Å². The SMILES string of the molecule is CCc1cccc2c(C(=O)C(F)(F)F)c(C(=O)O)[nH]c12. The maximum atomic E-state index is 12.6. The van der Waals surface area contributed by atoms with Crippen LogP contribution in [0.4, 0.5) is 13.2 Å². The second-order valence-corrected chi connectivity index (χ2v) is 4.20. The fraction of sp³-hybridized carbons (Fsp3) is 0.231. The molecule has 2 rings (SSSR count). The molecule has 1 heterocycles. The number of Topliss-reactive ketones (excluding diaryl/α,β-unsaturated/α-hetero) is 1. The first-order chi connectivity index (χ1) is 9.27. The average Bonchev–Trinajstić information content (AvgIpc) is 2.75. The van der Waals surface area contributed by atoms with Gasteiger partial charge in [0.25, 0.3) is 5.78 Å². The third-order valence-corrected chi connectivity index (χ3v) is 3.00. The number of rotatable bonds is 3. The van der Waals surface area contributed by atoms with Gasteiger partial charge in [-0.2, -0.15) is 13.2 Å². The van der Waals surface area contributed by atoms with Crippen LogP contribution in [0.2, 0.25) is 0 Å². The van der Waals surface area contributed by atoms with E-state index >= 15 is 0 Å². The van der Waals surface area contributed by atoms with Crippen molar-refractivity contribution >= 4 is 22.7 Å². The van der Waals surface area contributed by atoms with Gasteiger partial charge in [0.05, 0.1) is 11.1 Å². The number of ketones is 1. The molecule has 0 amide bonds. The number of aromatic nitrogens is 1. The van der Waals surface area contributed by atoms with Crippen LogP contribution in [0.25, 0.3) is 10.9 Å². The van der Waals surface area contributed by atoms with Gasteiger partial charge in [0.15, 0.2) is 0 Å². The molecule has 0 aliphatic rings. The van der Waals surface area contributed by atoms with Gasteiger partial charge in [0, 0.05) is 5.39 Å². The molecule has 1 aromatic heterocycles. The van der Waals surface area contributed by atoms with Gasteiger partial charge in [0.1, 0.15) is 5.69 Å². The number of aromatic amines is 1. The molecule has 0 aliphatic carbocycles. The number of H-pyrrole nitrogens is 1. The Hall–Kier alpha value is -2.31. The lowest BCUT2D eigenvalue weighted by Gasteiger charge is -2.05. The third-order valence-electron chi connectivity index (χ3n) is 3.00. The van der Waals surface area contributed by atoms with Crippen LogP contribution in [-0.2, 0) is 6.42 Å². The number of hydrogen-bond acceptors (Lipinski definition) is 2. The summed E-state index contributed by atoms with van der Waals surface area (Å²) in [6, 6.07) is 4.45. The zero-order chi connectivity index (χ0) is 15.1. The molecule has 0 bridgehead atoms. The number of carbonyl (C=O) groups is 2. The molecule has 0 fully saturated rings. The van der Waals surface area contributed by atoms with E-state index in [-0.39, 0.29) is 10.9 Å². The Bertz CT molecular complexity index is 701. The molecule has 0 atom stereocenters. The highest BCUT2D eigenvalue weighted by atomic mass is 19.4. The number of para-hydroxylation sites is 1. The van der Waals surface area contributed by atoms with Crippen molar-refractivity contribution in [3.8, 4) is 0 Å². The molecular weight excluding hydrogens is 275 g/mol.